The van der Waals surface area contributed by atoms with Gasteiger partial charge in [-0.25, -0.2) is 0 Å². The molecule has 1 amide bonds. The quantitative estimate of drug-likeness (QED) is 0.212. The van der Waals surface area contributed by atoms with Gasteiger partial charge >= 0.3 is 0 Å². The molecule has 2 atom stereocenters. The number of benzene rings is 4. The van der Waals surface area contributed by atoms with Crippen molar-refractivity contribution < 1.29 is 54.0 Å². The van der Waals surface area contributed by atoms with Crippen molar-refractivity contribution in [1.82, 2.24) is 5.32 Å². The number of rotatable bonds is 10. The topological polar surface area (TPSA) is 96.9 Å². The number of carbonyl (C=O) groups excluding carboxylic acids is 1. The number of aliphatic hydroxyl groups is 1. The van der Waals surface area contributed by atoms with Crippen LogP contribution >= 0.6 is 0 Å². The Morgan fingerprint density at radius 3 is 2.05 bits per heavy atom. The molecule has 1 radical (unpaired) electrons. The van der Waals surface area contributed by atoms with Crippen molar-refractivity contribution in [1.29, 1.82) is 5.26 Å². The van der Waals surface area contributed by atoms with Gasteiger partial charge in [-0.2, -0.15) is 5.26 Å². The zero-order chi connectivity index (χ0) is 26.0. The van der Waals surface area contributed by atoms with Crippen molar-refractivity contribution in [2.75, 3.05) is 6.61 Å². The summed E-state index contributed by atoms with van der Waals surface area (Å²) in [5, 5.41) is 22.7. The molecular formula is C32H30AcN3O2-. The van der Waals surface area contributed by atoms with Gasteiger partial charge in [-0.1, -0.05) is 84.4 Å². The fraction of sp³-hybridized carbons (Fsp3) is 0.188. The largest absolute Gasteiger partial charge is 0.674 e. The van der Waals surface area contributed by atoms with Crippen LogP contribution in [-0.4, -0.2) is 23.7 Å². The van der Waals surface area contributed by atoms with E-state index >= 15 is 0 Å². The summed E-state index contributed by atoms with van der Waals surface area (Å²) in [5.74, 6) is -0.422. The molecule has 38 heavy (non-hydrogen) atoms. The van der Waals surface area contributed by atoms with Crippen LogP contribution < -0.4 is 5.32 Å². The van der Waals surface area contributed by atoms with E-state index in [4.69, 9.17) is 5.73 Å². The summed E-state index contributed by atoms with van der Waals surface area (Å²) in [5.41, 5.74) is 13.6. The molecule has 0 aliphatic carbocycles. The number of carbonyl (C=O) groups is 1. The molecule has 0 aromatic heterocycles. The molecule has 0 heterocycles. The Balaban J connectivity index is 0.00000400. The summed E-state index contributed by atoms with van der Waals surface area (Å²) in [7, 11) is 0. The third kappa shape index (κ3) is 8.10. The minimum atomic E-state index is -0.303. The molecule has 0 bridgehead atoms. The molecule has 0 saturated carbocycles. The molecule has 6 heteroatoms. The Hall–Kier alpha value is -2.80. The van der Waals surface area contributed by atoms with Crippen molar-refractivity contribution in [2.45, 2.75) is 25.4 Å². The summed E-state index contributed by atoms with van der Waals surface area (Å²) < 4.78 is 0. The van der Waals surface area contributed by atoms with Crippen molar-refractivity contribution in [3.63, 3.8) is 0 Å². The fourth-order valence-electron chi connectivity index (χ4n) is 4.49. The first-order chi connectivity index (χ1) is 18.1. The van der Waals surface area contributed by atoms with Gasteiger partial charge in [-0.05, 0) is 59.4 Å². The van der Waals surface area contributed by atoms with Crippen molar-refractivity contribution in [2.24, 2.45) is 5.92 Å². The van der Waals surface area contributed by atoms with Crippen LogP contribution in [0.3, 0.4) is 0 Å². The van der Waals surface area contributed by atoms with E-state index in [0.717, 1.165) is 27.8 Å². The zero-order valence-corrected chi connectivity index (χ0v) is 25.9. The zero-order valence-electron chi connectivity index (χ0n) is 21.2. The van der Waals surface area contributed by atoms with Gasteiger partial charge in [0.15, 0.2) is 0 Å². The molecular weight excluding hydrogens is 685 g/mol. The van der Waals surface area contributed by atoms with Crippen LogP contribution in [0.5, 0.6) is 0 Å². The van der Waals surface area contributed by atoms with E-state index in [9.17, 15) is 15.2 Å². The van der Waals surface area contributed by atoms with Crippen LogP contribution in [0, 0.1) is 61.3 Å². The number of aliphatic hydroxyl groups excluding tert-OH is 1. The first-order valence-electron chi connectivity index (χ1n) is 12.4. The van der Waals surface area contributed by atoms with E-state index in [1.165, 1.54) is 0 Å². The van der Waals surface area contributed by atoms with Gasteiger partial charge in [-0.15, -0.1) is 6.54 Å². The molecule has 4 rings (SSSR count). The maximum absolute atomic E-state index is 13.3. The van der Waals surface area contributed by atoms with Crippen LogP contribution in [-0.2, 0) is 19.4 Å². The number of nitrogens with one attached hydrogen (secondary N) is 2. The Morgan fingerprint density at radius 2 is 1.45 bits per heavy atom. The molecule has 0 fully saturated rings. The normalized spacial score (nSPS) is 12.0. The Kier molecular flexibility index (Phi) is 11.7. The van der Waals surface area contributed by atoms with Crippen molar-refractivity contribution in [3.8, 4) is 17.2 Å². The van der Waals surface area contributed by atoms with Crippen LogP contribution in [0.15, 0.2) is 103 Å². The standard InChI is InChI=1S/C32H30N3O2.Ac/c33-20-24-9-11-27(12-10-24)28-13-15-29(16-14-28)32(37)35-31(19-23-5-2-1-3-6-23)30(22-36)18-25-7-4-8-26(17-25)21-34;/h1-17,30-31,33,36H,18-20,22H2,(H,35,37);/q-1;. The van der Waals surface area contributed by atoms with Crippen LogP contribution in [0.2, 0.25) is 0 Å². The van der Waals surface area contributed by atoms with Crippen LogP contribution in [0.1, 0.15) is 32.6 Å². The van der Waals surface area contributed by atoms with Gasteiger partial charge in [0.25, 0.3) is 5.91 Å². The maximum Gasteiger partial charge on any atom is 0.251 e. The molecule has 0 aliphatic rings. The number of nitrogens with zero attached hydrogens (tertiary/aromatic N) is 1. The summed E-state index contributed by atoms with van der Waals surface area (Å²) in [6, 6.07) is 34.5. The predicted octanol–water partition coefficient (Wildman–Crippen LogP) is 5.97. The first kappa shape index (κ1) is 29.8. The molecule has 4 aromatic carbocycles. The molecule has 5 nitrogen and oxygen atoms in total. The smallest absolute Gasteiger partial charge is 0.251 e. The molecule has 0 spiro atoms. The average Bonchev–Trinajstić information content (AvgIpc) is 2.96. The third-order valence-corrected chi connectivity index (χ3v) is 6.61. The molecule has 0 saturated heterocycles. The van der Waals surface area contributed by atoms with Gasteiger partial charge in [0.05, 0.1) is 11.6 Å². The van der Waals surface area contributed by atoms with Crippen molar-refractivity contribution >= 4 is 5.91 Å². The summed E-state index contributed by atoms with van der Waals surface area (Å²) in [6.45, 7) is 0.157. The first-order valence-corrected chi connectivity index (χ1v) is 12.4. The second kappa shape index (κ2) is 15.0. The van der Waals surface area contributed by atoms with E-state index in [0.29, 0.717) is 24.0 Å². The molecule has 189 valence electrons. The van der Waals surface area contributed by atoms with E-state index < -0.39 is 0 Å². The van der Waals surface area contributed by atoms with Crippen LogP contribution in [0.25, 0.3) is 16.9 Å². The maximum atomic E-state index is 13.3. The van der Waals surface area contributed by atoms with Gasteiger partial charge < -0.3 is 16.2 Å². The van der Waals surface area contributed by atoms with Gasteiger partial charge in [0, 0.05) is 68.2 Å². The molecule has 4 aromatic rings. The summed E-state index contributed by atoms with van der Waals surface area (Å²) in [6.07, 6.45) is 1.12. The number of hydrogen-bond acceptors (Lipinski definition) is 3. The number of hydrogen-bond donors (Lipinski definition) is 2. The predicted molar refractivity (Wildman–Crippen MR) is 147 cm³/mol. The van der Waals surface area contributed by atoms with E-state index in [-0.39, 0.29) is 75.1 Å². The van der Waals surface area contributed by atoms with Gasteiger partial charge in [0.2, 0.25) is 0 Å². The van der Waals surface area contributed by atoms with Gasteiger partial charge in [-0.3, -0.25) is 4.79 Å². The molecule has 0 aliphatic heterocycles. The second-order valence-electron chi connectivity index (χ2n) is 9.18. The SMILES string of the molecule is N#Cc1cccc(CC(CO)C(Cc2ccccc2)NC(=O)c2ccc(-c3ccc(C[NH-])cc3)cc2)c1.[Ac]. The minimum absolute atomic E-state index is 0. The van der Waals surface area contributed by atoms with E-state index in [1.54, 1.807) is 6.07 Å². The Bertz CT molecular complexity index is 1350. The summed E-state index contributed by atoms with van der Waals surface area (Å²) in [4.78, 5) is 13.3. The van der Waals surface area contributed by atoms with Gasteiger partial charge in [0.1, 0.15) is 0 Å². The van der Waals surface area contributed by atoms with Crippen LogP contribution in [0.4, 0.5) is 0 Å². The summed E-state index contributed by atoms with van der Waals surface area (Å²) >= 11 is 0. The van der Waals surface area contributed by atoms with E-state index in [2.05, 4.69) is 11.4 Å². The Labute approximate surface area is 260 Å². The third-order valence-electron chi connectivity index (χ3n) is 6.61. The minimum Gasteiger partial charge on any atom is -0.674 e. The number of nitriles is 1. The molecule has 2 unspecified atom stereocenters. The monoisotopic (exact) mass is 715 g/mol. The van der Waals surface area contributed by atoms with E-state index in [1.807, 2.05) is 97.1 Å². The van der Waals surface area contributed by atoms with Crippen molar-refractivity contribution in [3.05, 3.63) is 137 Å². The second-order valence-corrected chi connectivity index (χ2v) is 9.18. The molecule has 3 N–H and O–H groups in total. The number of amides is 1. The fourth-order valence-corrected chi connectivity index (χ4v) is 4.49. The average molecular weight is 716 g/mol. The Morgan fingerprint density at radius 1 is 0.816 bits per heavy atom.